The Morgan fingerprint density at radius 2 is 1.77 bits per heavy atom. The fraction of sp³-hybridized carbons (Fsp3) is 0.409. The van der Waals surface area contributed by atoms with E-state index in [0.29, 0.717) is 23.8 Å². The Labute approximate surface area is 155 Å². The molecule has 0 amide bonds. The van der Waals surface area contributed by atoms with Gasteiger partial charge >= 0.3 is 0 Å². The highest BCUT2D eigenvalue weighted by Crippen LogP contribution is 2.27. The quantitative estimate of drug-likeness (QED) is 0.774. The van der Waals surface area contributed by atoms with Crippen molar-refractivity contribution in [1.29, 1.82) is 0 Å². The zero-order valence-electron chi connectivity index (χ0n) is 15.3. The normalized spacial score (nSPS) is 17.0. The smallest absolute Gasteiger partial charge is 0.163 e. The highest BCUT2D eigenvalue weighted by Gasteiger charge is 2.22. The maximum Gasteiger partial charge on any atom is 0.163 e. The summed E-state index contributed by atoms with van der Waals surface area (Å²) in [6.45, 7) is 4.30. The van der Waals surface area contributed by atoms with Gasteiger partial charge in [-0.05, 0) is 56.5 Å². The number of hydrogen-bond donors (Lipinski definition) is 1. The van der Waals surface area contributed by atoms with Crippen molar-refractivity contribution in [1.82, 2.24) is 4.90 Å². The number of ketones is 1. The maximum atomic E-state index is 11.6. The van der Waals surface area contributed by atoms with E-state index in [-0.39, 0.29) is 12.4 Å². The number of benzene rings is 2. The molecule has 0 spiro atoms. The summed E-state index contributed by atoms with van der Waals surface area (Å²) in [7, 11) is 0. The van der Waals surface area contributed by atoms with Crippen molar-refractivity contribution in [3.05, 3.63) is 65.7 Å². The Bertz CT molecular complexity index is 708. The van der Waals surface area contributed by atoms with Crippen LogP contribution < -0.4 is 4.74 Å². The third-order valence-electron chi connectivity index (χ3n) is 5.03. The van der Waals surface area contributed by atoms with Crippen molar-refractivity contribution >= 4 is 5.78 Å². The summed E-state index contributed by atoms with van der Waals surface area (Å²) < 4.78 is 5.69. The van der Waals surface area contributed by atoms with Crippen molar-refractivity contribution in [2.24, 2.45) is 0 Å². The molecule has 0 aromatic heterocycles. The van der Waals surface area contributed by atoms with Gasteiger partial charge in [-0.3, -0.25) is 4.79 Å². The third kappa shape index (κ3) is 4.93. The lowest BCUT2D eigenvalue weighted by Gasteiger charge is -2.33. The van der Waals surface area contributed by atoms with E-state index in [1.54, 1.807) is 12.1 Å². The van der Waals surface area contributed by atoms with Gasteiger partial charge in [0.25, 0.3) is 0 Å². The molecule has 0 radical (unpaired) electrons. The lowest BCUT2D eigenvalue weighted by molar-refractivity contribution is 0.0589. The number of hydrogen-bond acceptors (Lipinski definition) is 4. The van der Waals surface area contributed by atoms with Crippen LogP contribution in [0.4, 0.5) is 0 Å². The first-order valence-corrected chi connectivity index (χ1v) is 9.31. The van der Waals surface area contributed by atoms with E-state index < -0.39 is 6.10 Å². The molecule has 1 saturated heterocycles. The summed E-state index contributed by atoms with van der Waals surface area (Å²) in [5.74, 6) is 1.13. The number of para-hydroxylation sites is 1. The molecule has 1 heterocycles. The van der Waals surface area contributed by atoms with Gasteiger partial charge in [0, 0.05) is 6.54 Å². The zero-order valence-corrected chi connectivity index (χ0v) is 15.3. The molecule has 1 fully saturated rings. The molecule has 26 heavy (non-hydrogen) atoms. The molecule has 1 aliphatic rings. The van der Waals surface area contributed by atoms with Crippen LogP contribution in [0.5, 0.6) is 5.75 Å². The van der Waals surface area contributed by atoms with Gasteiger partial charge < -0.3 is 14.7 Å². The number of ether oxygens (including phenoxy) is 1. The number of β-amino-alcohol motifs (C(OH)–C–C–N with tert-alkyl or cyclic N) is 1. The number of rotatable bonds is 7. The van der Waals surface area contributed by atoms with Gasteiger partial charge in [-0.25, -0.2) is 0 Å². The Morgan fingerprint density at radius 3 is 2.46 bits per heavy atom. The summed E-state index contributed by atoms with van der Waals surface area (Å²) in [5, 5.41) is 10.3. The summed E-state index contributed by atoms with van der Waals surface area (Å²) >= 11 is 0. The predicted octanol–water partition coefficient (Wildman–Crippen LogP) is 3.51. The van der Waals surface area contributed by atoms with Gasteiger partial charge in [0.2, 0.25) is 0 Å². The van der Waals surface area contributed by atoms with Gasteiger partial charge in [-0.15, -0.1) is 0 Å². The lowest BCUT2D eigenvalue weighted by Crippen LogP contribution is -2.40. The summed E-state index contributed by atoms with van der Waals surface area (Å²) in [6, 6.07) is 17.8. The van der Waals surface area contributed by atoms with E-state index in [0.717, 1.165) is 25.9 Å². The van der Waals surface area contributed by atoms with Gasteiger partial charge in [0.1, 0.15) is 18.5 Å². The fourth-order valence-electron chi connectivity index (χ4n) is 3.59. The predicted molar refractivity (Wildman–Crippen MR) is 103 cm³/mol. The van der Waals surface area contributed by atoms with Crippen LogP contribution in [0.3, 0.4) is 0 Å². The second-order valence-corrected chi connectivity index (χ2v) is 7.00. The molecule has 4 heteroatoms. The van der Waals surface area contributed by atoms with Crippen LogP contribution in [0, 0.1) is 0 Å². The minimum absolute atomic E-state index is 0.0296. The first-order valence-electron chi connectivity index (χ1n) is 9.31. The van der Waals surface area contributed by atoms with Crippen LogP contribution in [-0.2, 0) is 0 Å². The number of carbonyl (C=O) groups excluding carboxylic acids is 1. The Kier molecular flexibility index (Phi) is 6.42. The average molecular weight is 353 g/mol. The second kappa shape index (κ2) is 8.97. The maximum absolute atomic E-state index is 11.6. The fourth-order valence-corrected chi connectivity index (χ4v) is 3.59. The van der Waals surface area contributed by atoms with Crippen molar-refractivity contribution in [3.63, 3.8) is 0 Å². The molecular formula is C22H27NO3. The lowest BCUT2D eigenvalue weighted by atomic mass is 9.89. The first kappa shape index (κ1) is 18.6. The molecule has 138 valence electrons. The molecule has 1 atom stereocenters. The minimum Gasteiger partial charge on any atom is -0.490 e. The van der Waals surface area contributed by atoms with Crippen molar-refractivity contribution in [2.45, 2.75) is 31.8 Å². The monoisotopic (exact) mass is 353 g/mol. The van der Waals surface area contributed by atoms with Crippen LogP contribution in [0.25, 0.3) is 0 Å². The number of aliphatic hydroxyl groups excluding tert-OH is 1. The van der Waals surface area contributed by atoms with Crippen LogP contribution in [0.2, 0.25) is 0 Å². The molecule has 0 aliphatic carbocycles. The van der Waals surface area contributed by atoms with E-state index in [1.807, 2.05) is 12.1 Å². The van der Waals surface area contributed by atoms with Crippen LogP contribution >= 0.6 is 0 Å². The van der Waals surface area contributed by atoms with Gasteiger partial charge in [0.15, 0.2) is 5.78 Å². The molecule has 1 unspecified atom stereocenters. The average Bonchev–Trinajstić information content (AvgIpc) is 2.68. The molecule has 1 aliphatic heterocycles. The minimum atomic E-state index is -0.566. The molecule has 2 aromatic rings. The van der Waals surface area contributed by atoms with Gasteiger partial charge in [0.05, 0.1) is 5.56 Å². The molecule has 0 saturated carbocycles. The molecule has 0 bridgehead atoms. The van der Waals surface area contributed by atoms with Gasteiger partial charge in [-0.1, -0.05) is 42.5 Å². The van der Waals surface area contributed by atoms with Gasteiger partial charge in [-0.2, -0.15) is 0 Å². The highest BCUT2D eigenvalue weighted by atomic mass is 16.5. The second-order valence-electron chi connectivity index (χ2n) is 7.00. The molecule has 4 nitrogen and oxygen atoms in total. The first-order chi connectivity index (χ1) is 12.6. The summed E-state index contributed by atoms with van der Waals surface area (Å²) in [5.41, 5.74) is 1.97. The van der Waals surface area contributed by atoms with Crippen molar-refractivity contribution in [2.75, 3.05) is 26.2 Å². The number of Topliss-reactive ketones (excluding diaryl/α,β-unsaturated/α-hetero) is 1. The third-order valence-corrected chi connectivity index (χ3v) is 5.03. The standard InChI is InChI=1S/C22H27NO3/c1-17(24)21-9-5-6-10-22(21)26-16-20(25)15-23-13-11-19(12-14-23)18-7-3-2-4-8-18/h2-10,19-20,25H,11-16H2,1H3. The zero-order chi connectivity index (χ0) is 18.4. The number of carbonyl (C=O) groups is 1. The Morgan fingerprint density at radius 1 is 1.12 bits per heavy atom. The largest absolute Gasteiger partial charge is 0.490 e. The van der Waals surface area contributed by atoms with Crippen molar-refractivity contribution < 1.29 is 14.6 Å². The molecular weight excluding hydrogens is 326 g/mol. The van der Waals surface area contributed by atoms with E-state index in [1.165, 1.54) is 12.5 Å². The molecule has 2 aromatic carbocycles. The SMILES string of the molecule is CC(=O)c1ccccc1OCC(O)CN1CCC(c2ccccc2)CC1. The van der Waals surface area contributed by atoms with E-state index in [2.05, 4.69) is 35.2 Å². The van der Waals surface area contributed by atoms with Crippen molar-refractivity contribution in [3.8, 4) is 5.75 Å². The Hall–Kier alpha value is -2.17. The number of piperidine rings is 1. The number of nitrogens with zero attached hydrogens (tertiary/aromatic N) is 1. The van der Waals surface area contributed by atoms with E-state index in [9.17, 15) is 9.90 Å². The highest BCUT2D eigenvalue weighted by molar-refractivity contribution is 5.96. The Balaban J connectivity index is 1.45. The van der Waals surface area contributed by atoms with Crippen LogP contribution in [-0.4, -0.2) is 48.1 Å². The van der Waals surface area contributed by atoms with Crippen LogP contribution in [0.15, 0.2) is 54.6 Å². The topological polar surface area (TPSA) is 49.8 Å². The van der Waals surface area contributed by atoms with E-state index in [4.69, 9.17) is 4.74 Å². The summed E-state index contributed by atoms with van der Waals surface area (Å²) in [6.07, 6.45) is 1.67. The molecule has 3 rings (SSSR count). The molecule has 1 N–H and O–H groups in total. The number of likely N-dealkylation sites (tertiary alicyclic amines) is 1. The summed E-state index contributed by atoms with van der Waals surface area (Å²) in [4.78, 5) is 13.9. The van der Waals surface area contributed by atoms with E-state index >= 15 is 0 Å². The van der Waals surface area contributed by atoms with Crippen LogP contribution in [0.1, 0.15) is 41.6 Å². The number of aliphatic hydroxyl groups is 1.